The zero-order chi connectivity index (χ0) is 29.2. The predicted molar refractivity (Wildman–Crippen MR) is 155 cm³/mol. The van der Waals surface area contributed by atoms with Gasteiger partial charge in [0.05, 0.1) is 32.5 Å². The Balaban J connectivity index is 1.70. The topological polar surface area (TPSA) is 157 Å². The SMILES string of the molecule is O=C1CC(C(=O)N(C2CCNC(=O)C2)S(=O)(=O)c2c(Cl)ccc(NC(=S)Nc3cccc(Cl)c3Cl)c2O)CCN1. The maximum Gasteiger partial charge on any atom is 0.272 e. The number of carbonyl (C=O) groups is 3. The van der Waals surface area contributed by atoms with Crippen molar-refractivity contribution < 1.29 is 27.9 Å². The minimum absolute atomic E-state index is 0.0600. The largest absolute Gasteiger partial charge is 0.504 e. The molecule has 2 aliphatic rings. The number of phenolic OH excluding ortho intramolecular Hbond substituents is 1. The summed E-state index contributed by atoms with van der Waals surface area (Å²) in [5.74, 6) is -3.41. The summed E-state index contributed by atoms with van der Waals surface area (Å²) in [6.45, 7) is 0.335. The van der Waals surface area contributed by atoms with Crippen molar-refractivity contribution >= 4 is 91.3 Å². The third kappa shape index (κ3) is 6.39. The van der Waals surface area contributed by atoms with Crippen molar-refractivity contribution in [3.05, 3.63) is 45.4 Å². The maximum atomic E-state index is 14.1. The molecule has 0 aliphatic carbocycles. The van der Waals surface area contributed by atoms with Crippen molar-refractivity contribution in [2.45, 2.75) is 36.6 Å². The van der Waals surface area contributed by atoms with Gasteiger partial charge < -0.3 is 26.4 Å². The third-order valence-electron chi connectivity index (χ3n) is 6.41. The van der Waals surface area contributed by atoms with Crippen LogP contribution >= 0.6 is 47.0 Å². The third-order valence-corrected chi connectivity index (χ3v) is 9.79. The molecule has 2 unspecified atom stereocenters. The molecular formula is C24H24Cl3N5O6S2. The van der Waals surface area contributed by atoms with Crippen LogP contribution in [0.4, 0.5) is 11.4 Å². The smallest absolute Gasteiger partial charge is 0.272 e. The lowest BCUT2D eigenvalue weighted by Crippen LogP contribution is -2.53. The van der Waals surface area contributed by atoms with E-state index in [1.165, 1.54) is 12.1 Å². The fourth-order valence-electron chi connectivity index (χ4n) is 4.50. The van der Waals surface area contributed by atoms with Crippen molar-refractivity contribution in [3.63, 3.8) is 0 Å². The number of benzene rings is 2. The van der Waals surface area contributed by atoms with Crippen LogP contribution in [0, 0.1) is 5.92 Å². The second-order valence-corrected chi connectivity index (χ2v) is 12.5. The van der Waals surface area contributed by atoms with Gasteiger partial charge in [0.1, 0.15) is 4.90 Å². The first-order valence-corrected chi connectivity index (χ1v) is 15.0. The molecule has 2 aromatic rings. The lowest BCUT2D eigenvalue weighted by molar-refractivity contribution is -0.138. The van der Waals surface area contributed by atoms with Gasteiger partial charge in [-0.05, 0) is 49.3 Å². The number of sulfonamides is 1. The fourth-order valence-corrected chi connectivity index (χ4v) is 7.34. The van der Waals surface area contributed by atoms with Crippen LogP contribution in [-0.4, -0.2) is 59.8 Å². The van der Waals surface area contributed by atoms with Crippen molar-refractivity contribution in [2.24, 2.45) is 5.92 Å². The lowest BCUT2D eigenvalue weighted by Gasteiger charge is -2.36. The van der Waals surface area contributed by atoms with Crippen molar-refractivity contribution in [2.75, 3.05) is 23.7 Å². The predicted octanol–water partition coefficient (Wildman–Crippen LogP) is 3.48. The Morgan fingerprint density at radius 3 is 2.27 bits per heavy atom. The van der Waals surface area contributed by atoms with E-state index in [1.54, 1.807) is 18.2 Å². The Bertz CT molecular complexity index is 1490. The molecule has 0 spiro atoms. The van der Waals surface area contributed by atoms with E-state index < -0.39 is 50.3 Å². The molecule has 0 radical (unpaired) electrons. The van der Waals surface area contributed by atoms with E-state index in [0.29, 0.717) is 9.99 Å². The first-order valence-electron chi connectivity index (χ1n) is 12.0. The maximum absolute atomic E-state index is 14.1. The summed E-state index contributed by atoms with van der Waals surface area (Å²) in [5, 5.41) is 21.9. The Morgan fingerprint density at radius 2 is 1.60 bits per heavy atom. The van der Waals surface area contributed by atoms with Crippen LogP contribution in [-0.2, 0) is 24.4 Å². The first kappa shape index (κ1) is 30.1. The van der Waals surface area contributed by atoms with E-state index in [-0.39, 0.29) is 64.6 Å². The highest BCUT2D eigenvalue weighted by Gasteiger charge is 2.44. The number of anilines is 2. The van der Waals surface area contributed by atoms with Crippen LogP contribution in [0.3, 0.4) is 0 Å². The van der Waals surface area contributed by atoms with Crippen LogP contribution < -0.4 is 21.3 Å². The molecule has 2 fully saturated rings. The molecule has 2 atom stereocenters. The highest BCUT2D eigenvalue weighted by molar-refractivity contribution is 7.90. The van der Waals surface area contributed by atoms with Gasteiger partial charge in [0.2, 0.25) is 17.7 Å². The van der Waals surface area contributed by atoms with Gasteiger partial charge in [0.15, 0.2) is 10.9 Å². The number of nitrogens with zero attached hydrogens (tertiary/aromatic N) is 1. The Kier molecular flexibility index (Phi) is 9.30. The molecule has 2 saturated heterocycles. The van der Waals surface area contributed by atoms with Crippen LogP contribution in [0.2, 0.25) is 15.1 Å². The van der Waals surface area contributed by atoms with Crippen molar-refractivity contribution in [3.8, 4) is 5.75 Å². The molecule has 3 amide bonds. The average Bonchev–Trinajstić information content (AvgIpc) is 2.88. The lowest BCUT2D eigenvalue weighted by atomic mass is 9.95. The van der Waals surface area contributed by atoms with E-state index in [9.17, 15) is 27.9 Å². The van der Waals surface area contributed by atoms with Crippen LogP contribution in [0.25, 0.3) is 0 Å². The number of hydrogen-bond donors (Lipinski definition) is 5. The zero-order valence-corrected chi connectivity index (χ0v) is 24.6. The number of amides is 3. The van der Waals surface area contributed by atoms with Crippen molar-refractivity contribution in [1.29, 1.82) is 0 Å². The van der Waals surface area contributed by atoms with Gasteiger partial charge in [-0.1, -0.05) is 40.9 Å². The fraction of sp³-hybridized carbons (Fsp3) is 0.333. The second-order valence-electron chi connectivity index (χ2n) is 9.13. The molecule has 40 heavy (non-hydrogen) atoms. The van der Waals surface area contributed by atoms with E-state index >= 15 is 0 Å². The van der Waals surface area contributed by atoms with Crippen molar-refractivity contribution in [1.82, 2.24) is 14.9 Å². The summed E-state index contributed by atoms with van der Waals surface area (Å²) >= 11 is 23.8. The molecular weight excluding hydrogens is 625 g/mol. The van der Waals surface area contributed by atoms with Gasteiger partial charge in [-0.15, -0.1) is 0 Å². The number of nitrogens with one attached hydrogen (secondary N) is 4. The molecule has 214 valence electrons. The van der Waals surface area contributed by atoms with Gasteiger partial charge in [0.25, 0.3) is 10.0 Å². The number of halogens is 3. The molecule has 4 rings (SSSR count). The summed E-state index contributed by atoms with van der Waals surface area (Å²) in [6, 6.07) is 6.30. The Morgan fingerprint density at radius 1 is 0.950 bits per heavy atom. The van der Waals surface area contributed by atoms with Gasteiger partial charge in [-0.3, -0.25) is 14.4 Å². The second kappa shape index (κ2) is 12.4. The highest BCUT2D eigenvalue weighted by Crippen LogP contribution is 2.40. The molecule has 0 bridgehead atoms. The van der Waals surface area contributed by atoms with Gasteiger partial charge >= 0.3 is 0 Å². The van der Waals surface area contributed by atoms with Gasteiger partial charge in [0, 0.05) is 31.8 Å². The summed E-state index contributed by atoms with van der Waals surface area (Å²) in [5.41, 5.74) is 0.223. The monoisotopic (exact) mass is 647 g/mol. The van der Waals surface area contributed by atoms with Crippen LogP contribution in [0.15, 0.2) is 35.2 Å². The Labute approximate surface area is 250 Å². The number of phenols is 1. The average molecular weight is 649 g/mol. The normalized spacial score (nSPS) is 19.3. The van der Waals surface area contributed by atoms with E-state index in [2.05, 4.69) is 21.3 Å². The van der Waals surface area contributed by atoms with E-state index in [4.69, 9.17) is 47.0 Å². The van der Waals surface area contributed by atoms with Gasteiger partial charge in [-0.25, -0.2) is 12.7 Å². The summed E-state index contributed by atoms with van der Waals surface area (Å²) in [7, 11) is -4.83. The number of thiocarbonyl (C=S) groups is 1. The number of piperidine rings is 2. The quantitative estimate of drug-likeness (QED) is 0.234. The molecule has 2 heterocycles. The standard InChI is InChI=1S/C24H24Cl3N5O6S2/c25-14-2-1-3-16(20(14)27)30-24(39)31-17-5-4-15(26)22(21(17)35)40(37,38)32(13-7-9-29-19(34)11-13)23(36)12-6-8-28-18(33)10-12/h1-5,12-13,35H,6-11H2,(H,28,33)(H,29,34)(H2,30,31,39). The molecule has 16 heteroatoms. The minimum atomic E-state index is -4.83. The minimum Gasteiger partial charge on any atom is -0.504 e. The number of carbonyl (C=O) groups excluding carboxylic acids is 3. The zero-order valence-electron chi connectivity index (χ0n) is 20.7. The Hall–Kier alpha value is -2.84. The summed E-state index contributed by atoms with van der Waals surface area (Å²) < 4.78 is 28.8. The van der Waals surface area contributed by atoms with E-state index in [1.807, 2.05) is 0 Å². The van der Waals surface area contributed by atoms with Gasteiger partial charge in [-0.2, -0.15) is 0 Å². The number of aromatic hydroxyl groups is 1. The number of rotatable bonds is 6. The molecule has 0 aromatic heterocycles. The molecule has 11 nitrogen and oxygen atoms in total. The molecule has 2 aromatic carbocycles. The molecule has 2 aliphatic heterocycles. The molecule has 0 saturated carbocycles. The summed E-state index contributed by atoms with van der Waals surface area (Å²) in [6.07, 6.45) is -0.144. The molecule has 5 N–H and O–H groups in total. The first-order chi connectivity index (χ1) is 18.9. The highest BCUT2D eigenvalue weighted by atomic mass is 35.5. The summed E-state index contributed by atoms with van der Waals surface area (Å²) in [4.78, 5) is 37.1. The number of hydrogen-bond acceptors (Lipinski definition) is 7. The van der Waals surface area contributed by atoms with Crippen LogP contribution in [0.5, 0.6) is 5.75 Å². The van der Waals surface area contributed by atoms with Crippen LogP contribution in [0.1, 0.15) is 25.7 Å². The van der Waals surface area contributed by atoms with E-state index in [0.717, 1.165) is 0 Å².